The van der Waals surface area contributed by atoms with Gasteiger partial charge in [0.05, 0.1) is 12.8 Å². The van der Waals surface area contributed by atoms with Crippen LogP contribution in [0.1, 0.15) is 20.3 Å². The second-order valence-corrected chi connectivity index (χ2v) is 4.92. The lowest BCUT2D eigenvalue weighted by Crippen LogP contribution is -2.37. The molecular weight excluding hydrogens is 212 g/mol. The molecule has 1 aliphatic heterocycles. The normalized spacial score (nSPS) is 20.0. The first-order valence-electron chi connectivity index (χ1n) is 6.34. The Bertz CT molecular complexity index is 365. The summed E-state index contributed by atoms with van der Waals surface area (Å²) in [5, 5.41) is 3.60. The molecule has 1 saturated heterocycles. The van der Waals surface area contributed by atoms with Crippen molar-refractivity contribution in [3.05, 3.63) is 24.3 Å². The zero-order valence-corrected chi connectivity index (χ0v) is 10.9. The lowest BCUT2D eigenvalue weighted by Gasteiger charge is -2.22. The molecule has 0 radical (unpaired) electrons. The van der Waals surface area contributed by atoms with Crippen LogP contribution in [0.3, 0.4) is 0 Å². The number of hydrogen-bond donors (Lipinski definition) is 1. The number of anilines is 1. The molecule has 0 bridgehead atoms. The van der Waals surface area contributed by atoms with Gasteiger partial charge in [-0.05, 0) is 18.6 Å². The van der Waals surface area contributed by atoms with E-state index < -0.39 is 0 Å². The van der Waals surface area contributed by atoms with Gasteiger partial charge >= 0.3 is 0 Å². The summed E-state index contributed by atoms with van der Waals surface area (Å²) >= 11 is 0. The fourth-order valence-corrected chi connectivity index (χ4v) is 2.48. The maximum absolute atomic E-state index is 5.41. The molecule has 1 heterocycles. The standard InChI is InChI=1S/C14H22N2O/c1-11(2)15-12-8-9-16(10-12)13-6-4-5-7-14(13)17-3/h4-7,11-12,15H,8-10H2,1-3H3. The number of benzene rings is 1. The van der Waals surface area contributed by atoms with Crippen LogP contribution in [-0.2, 0) is 0 Å². The third-order valence-electron chi connectivity index (χ3n) is 3.18. The molecule has 0 spiro atoms. The average molecular weight is 234 g/mol. The second kappa shape index (κ2) is 5.41. The molecule has 0 amide bonds. The van der Waals surface area contributed by atoms with Crippen molar-refractivity contribution in [1.29, 1.82) is 0 Å². The molecule has 1 fully saturated rings. The summed E-state index contributed by atoms with van der Waals surface area (Å²) in [5.41, 5.74) is 1.21. The minimum atomic E-state index is 0.553. The van der Waals surface area contributed by atoms with E-state index >= 15 is 0 Å². The maximum Gasteiger partial charge on any atom is 0.142 e. The van der Waals surface area contributed by atoms with Crippen molar-refractivity contribution in [3.63, 3.8) is 0 Å². The molecule has 1 atom stereocenters. The van der Waals surface area contributed by atoms with Crippen LogP contribution in [-0.4, -0.2) is 32.3 Å². The summed E-state index contributed by atoms with van der Waals surface area (Å²) in [4.78, 5) is 2.40. The molecule has 3 heteroatoms. The van der Waals surface area contributed by atoms with Gasteiger partial charge in [-0.15, -0.1) is 0 Å². The van der Waals surface area contributed by atoms with E-state index in [-0.39, 0.29) is 0 Å². The van der Waals surface area contributed by atoms with Gasteiger partial charge in [-0.25, -0.2) is 0 Å². The van der Waals surface area contributed by atoms with E-state index in [1.54, 1.807) is 7.11 Å². The number of nitrogens with one attached hydrogen (secondary N) is 1. The van der Waals surface area contributed by atoms with E-state index in [0.717, 1.165) is 18.8 Å². The smallest absolute Gasteiger partial charge is 0.142 e. The Morgan fingerprint density at radius 1 is 1.35 bits per heavy atom. The van der Waals surface area contributed by atoms with Crippen molar-refractivity contribution < 1.29 is 4.74 Å². The maximum atomic E-state index is 5.41. The molecule has 17 heavy (non-hydrogen) atoms. The molecule has 1 N–H and O–H groups in total. The first-order valence-corrected chi connectivity index (χ1v) is 6.34. The Morgan fingerprint density at radius 3 is 2.82 bits per heavy atom. The summed E-state index contributed by atoms with van der Waals surface area (Å²) in [6, 6.07) is 9.40. The minimum Gasteiger partial charge on any atom is -0.495 e. The lowest BCUT2D eigenvalue weighted by molar-refractivity contribution is 0.414. The highest BCUT2D eigenvalue weighted by molar-refractivity contribution is 5.59. The van der Waals surface area contributed by atoms with Crippen LogP contribution in [0.25, 0.3) is 0 Å². The Hall–Kier alpha value is -1.22. The van der Waals surface area contributed by atoms with Crippen molar-refractivity contribution >= 4 is 5.69 Å². The Morgan fingerprint density at radius 2 is 2.12 bits per heavy atom. The summed E-state index contributed by atoms with van der Waals surface area (Å²) < 4.78 is 5.41. The summed E-state index contributed by atoms with van der Waals surface area (Å²) in [6.07, 6.45) is 1.20. The van der Waals surface area contributed by atoms with Gasteiger partial charge in [0, 0.05) is 25.2 Å². The first kappa shape index (κ1) is 12.2. The van der Waals surface area contributed by atoms with E-state index in [4.69, 9.17) is 4.74 Å². The van der Waals surface area contributed by atoms with Crippen molar-refractivity contribution in [2.45, 2.75) is 32.4 Å². The highest BCUT2D eigenvalue weighted by Crippen LogP contribution is 2.30. The molecule has 94 valence electrons. The SMILES string of the molecule is COc1ccccc1N1CCC(NC(C)C)C1. The molecule has 2 rings (SSSR count). The summed E-state index contributed by atoms with van der Waals surface area (Å²) in [6.45, 7) is 6.57. The van der Waals surface area contributed by atoms with Crippen LogP contribution < -0.4 is 15.0 Å². The van der Waals surface area contributed by atoms with Crippen molar-refractivity contribution in [2.24, 2.45) is 0 Å². The van der Waals surface area contributed by atoms with E-state index in [2.05, 4.69) is 36.2 Å². The monoisotopic (exact) mass is 234 g/mol. The van der Waals surface area contributed by atoms with Crippen LogP contribution in [0.4, 0.5) is 5.69 Å². The Balaban J connectivity index is 2.04. The third kappa shape index (κ3) is 2.91. The Kier molecular flexibility index (Phi) is 3.89. The van der Waals surface area contributed by atoms with Crippen LogP contribution in [0.2, 0.25) is 0 Å². The van der Waals surface area contributed by atoms with Gasteiger partial charge in [-0.3, -0.25) is 0 Å². The predicted octanol–water partition coefficient (Wildman–Crippen LogP) is 2.27. The number of hydrogen-bond acceptors (Lipinski definition) is 3. The highest BCUT2D eigenvalue weighted by atomic mass is 16.5. The van der Waals surface area contributed by atoms with Gasteiger partial charge in [-0.1, -0.05) is 26.0 Å². The number of nitrogens with zero attached hydrogens (tertiary/aromatic N) is 1. The van der Waals surface area contributed by atoms with Gasteiger partial charge < -0.3 is 15.0 Å². The van der Waals surface area contributed by atoms with Gasteiger partial charge in [0.2, 0.25) is 0 Å². The van der Waals surface area contributed by atoms with Crippen LogP contribution in [0, 0.1) is 0 Å². The molecule has 1 aromatic rings. The van der Waals surface area contributed by atoms with Crippen molar-refractivity contribution in [2.75, 3.05) is 25.1 Å². The molecule has 3 nitrogen and oxygen atoms in total. The van der Waals surface area contributed by atoms with Gasteiger partial charge in [-0.2, -0.15) is 0 Å². The fraction of sp³-hybridized carbons (Fsp3) is 0.571. The fourth-order valence-electron chi connectivity index (χ4n) is 2.48. The molecule has 0 saturated carbocycles. The number of para-hydroxylation sites is 2. The van der Waals surface area contributed by atoms with Gasteiger partial charge in [0.25, 0.3) is 0 Å². The van der Waals surface area contributed by atoms with Crippen LogP contribution in [0.5, 0.6) is 5.75 Å². The van der Waals surface area contributed by atoms with E-state index in [0.29, 0.717) is 12.1 Å². The summed E-state index contributed by atoms with van der Waals surface area (Å²) in [7, 11) is 1.73. The number of ether oxygens (including phenoxy) is 1. The van der Waals surface area contributed by atoms with Gasteiger partial charge in [0.1, 0.15) is 5.75 Å². The number of methoxy groups -OCH3 is 1. The lowest BCUT2D eigenvalue weighted by atomic mass is 10.2. The van der Waals surface area contributed by atoms with E-state index in [9.17, 15) is 0 Å². The highest BCUT2D eigenvalue weighted by Gasteiger charge is 2.24. The van der Waals surface area contributed by atoms with Crippen LogP contribution >= 0.6 is 0 Å². The predicted molar refractivity (Wildman–Crippen MR) is 71.9 cm³/mol. The molecule has 1 unspecified atom stereocenters. The zero-order chi connectivity index (χ0) is 12.3. The zero-order valence-electron chi connectivity index (χ0n) is 10.9. The largest absolute Gasteiger partial charge is 0.495 e. The Labute approximate surface area is 104 Å². The topological polar surface area (TPSA) is 24.5 Å². The van der Waals surface area contributed by atoms with E-state index in [1.807, 2.05) is 12.1 Å². The third-order valence-corrected chi connectivity index (χ3v) is 3.18. The van der Waals surface area contributed by atoms with Crippen molar-refractivity contribution in [1.82, 2.24) is 5.32 Å². The first-order chi connectivity index (χ1) is 8.20. The van der Waals surface area contributed by atoms with Crippen LogP contribution in [0.15, 0.2) is 24.3 Å². The minimum absolute atomic E-state index is 0.553. The molecule has 1 aromatic carbocycles. The van der Waals surface area contributed by atoms with E-state index in [1.165, 1.54) is 12.1 Å². The summed E-state index contributed by atoms with van der Waals surface area (Å²) in [5.74, 6) is 0.970. The average Bonchev–Trinajstić information content (AvgIpc) is 2.76. The second-order valence-electron chi connectivity index (χ2n) is 4.92. The van der Waals surface area contributed by atoms with Crippen molar-refractivity contribution in [3.8, 4) is 5.75 Å². The quantitative estimate of drug-likeness (QED) is 0.865. The van der Waals surface area contributed by atoms with Gasteiger partial charge in [0.15, 0.2) is 0 Å². The number of rotatable bonds is 4. The molecular formula is C14H22N2O. The molecule has 0 aromatic heterocycles. The molecule has 0 aliphatic carbocycles. The molecule has 1 aliphatic rings.